The molecule has 0 aliphatic carbocycles. The number of aliphatic imine (C=N–C) groups is 2. The molecule has 55 heavy (non-hydrogen) atoms. The number of amidine groups is 2. The maximum atomic E-state index is 15.9. The van der Waals surface area contributed by atoms with Gasteiger partial charge >= 0.3 is 0 Å². The van der Waals surface area contributed by atoms with Crippen LogP contribution in [-0.2, 0) is 25.3 Å². The van der Waals surface area contributed by atoms with Crippen LogP contribution in [0.2, 0.25) is 0 Å². The number of rotatable bonds is 4. The molecule has 11 nitrogen and oxygen atoms in total. The van der Waals surface area contributed by atoms with Crippen molar-refractivity contribution in [2.24, 2.45) is 21.5 Å². The average Bonchev–Trinajstić information content (AvgIpc) is 3.77. The van der Waals surface area contributed by atoms with Crippen LogP contribution in [0.3, 0.4) is 0 Å². The minimum Gasteiger partial charge on any atom is -0.462 e. The van der Waals surface area contributed by atoms with E-state index in [4.69, 9.17) is 44.9 Å². The lowest BCUT2D eigenvalue weighted by atomic mass is 9.78. The Morgan fingerprint density at radius 3 is 2.02 bits per heavy atom. The smallest absolute Gasteiger partial charge is 0.283 e. The third kappa shape index (κ3) is 5.31. The molecule has 1 aromatic heterocycles. The maximum Gasteiger partial charge on any atom is 0.283 e. The predicted molar refractivity (Wildman–Crippen MR) is 196 cm³/mol. The second-order valence-electron chi connectivity index (χ2n) is 13.9. The molecule has 0 radical (unpaired) electrons. The van der Waals surface area contributed by atoms with E-state index in [1.54, 1.807) is 36.4 Å². The van der Waals surface area contributed by atoms with Crippen molar-refractivity contribution in [3.8, 4) is 45.6 Å². The summed E-state index contributed by atoms with van der Waals surface area (Å²) in [6.45, 7) is 1.14. The number of halogens is 4. The van der Waals surface area contributed by atoms with Crippen molar-refractivity contribution in [3.05, 3.63) is 123 Å². The molecule has 10 rings (SSSR count). The molecule has 2 spiro atoms. The fourth-order valence-corrected chi connectivity index (χ4v) is 8.46. The van der Waals surface area contributed by atoms with Crippen LogP contribution in [0.15, 0.2) is 87.4 Å². The van der Waals surface area contributed by atoms with Crippen LogP contribution in [-0.4, -0.2) is 43.5 Å². The molecule has 278 valence electrons. The summed E-state index contributed by atoms with van der Waals surface area (Å²) < 4.78 is 83.3. The van der Waals surface area contributed by atoms with Crippen LogP contribution >= 0.6 is 15.9 Å². The molecule has 15 heteroatoms. The van der Waals surface area contributed by atoms with Crippen LogP contribution < -0.4 is 25.7 Å². The second kappa shape index (κ2) is 12.4. The molecule has 1 fully saturated rings. The Morgan fingerprint density at radius 1 is 0.709 bits per heavy atom. The topological polar surface area (TPSA) is 145 Å². The van der Waals surface area contributed by atoms with Crippen LogP contribution in [0.25, 0.3) is 11.1 Å². The molecule has 0 amide bonds. The Balaban J connectivity index is 1.03. The number of pyridine rings is 1. The van der Waals surface area contributed by atoms with Crippen molar-refractivity contribution >= 4 is 28.0 Å². The number of nitrogens with two attached hydrogens (primary N) is 2. The molecule has 6 heterocycles. The number of benzene rings is 4. The molecular formula is C40H29BrF3N5O6. The molecule has 4 N–H and O–H groups in total. The fourth-order valence-electron chi connectivity index (χ4n) is 8.10. The lowest BCUT2D eigenvalue weighted by molar-refractivity contribution is 0.0852. The average molecular weight is 813 g/mol. The van der Waals surface area contributed by atoms with E-state index >= 15 is 13.2 Å². The summed E-state index contributed by atoms with van der Waals surface area (Å²) in [4.78, 5) is 13.3. The van der Waals surface area contributed by atoms with Gasteiger partial charge in [0.2, 0.25) is 5.95 Å². The third-order valence-electron chi connectivity index (χ3n) is 10.7. The van der Waals surface area contributed by atoms with Gasteiger partial charge in [-0.05, 0) is 84.5 Å². The van der Waals surface area contributed by atoms with Gasteiger partial charge in [-0.2, -0.15) is 4.39 Å². The van der Waals surface area contributed by atoms with Gasteiger partial charge in [0.05, 0.1) is 6.20 Å². The lowest BCUT2D eigenvalue weighted by Gasteiger charge is -2.35. The van der Waals surface area contributed by atoms with E-state index in [-0.39, 0.29) is 59.7 Å². The molecule has 0 bridgehead atoms. The first kappa shape index (κ1) is 33.7. The van der Waals surface area contributed by atoms with E-state index in [1.807, 2.05) is 12.1 Å². The molecular weight excluding hydrogens is 783 g/mol. The van der Waals surface area contributed by atoms with Gasteiger partial charge in [-0.25, -0.2) is 23.7 Å². The minimum atomic E-state index is -1.27. The van der Waals surface area contributed by atoms with Crippen molar-refractivity contribution in [1.82, 2.24) is 4.98 Å². The number of ether oxygens (including phenoxy) is 6. The van der Waals surface area contributed by atoms with Gasteiger partial charge in [-0.1, -0.05) is 22.0 Å². The molecule has 1 saturated heterocycles. The Hall–Kier alpha value is -5.80. The van der Waals surface area contributed by atoms with Crippen molar-refractivity contribution in [2.75, 3.05) is 26.4 Å². The number of hydrogen-bond donors (Lipinski definition) is 2. The van der Waals surface area contributed by atoms with E-state index in [0.29, 0.717) is 52.5 Å². The SMILES string of the molecule is NC1=NC2(CO1)c1cc(Br)ccc1Oc1c(F)cc(Oc3cnc(F)c(-c4ccc5c(c4)C4(COC(N)=N4)c4cc(C6CCOCC6)cc(F)c4O5)c3)cc12. The summed E-state index contributed by atoms with van der Waals surface area (Å²) in [5.74, 6) is -1.08. The number of aromatic nitrogens is 1. The fraction of sp³-hybridized carbons (Fsp3) is 0.225. The summed E-state index contributed by atoms with van der Waals surface area (Å²) in [5, 5.41) is 0. The van der Waals surface area contributed by atoms with Gasteiger partial charge in [-0.3, -0.25) is 0 Å². The number of nitrogens with zero attached hydrogens (tertiary/aromatic N) is 3. The first-order valence-corrected chi connectivity index (χ1v) is 18.3. The summed E-state index contributed by atoms with van der Waals surface area (Å²) in [6, 6.07) is 17.7. The van der Waals surface area contributed by atoms with Crippen LogP contribution in [0.4, 0.5) is 13.2 Å². The first-order chi connectivity index (χ1) is 26.6. The first-order valence-electron chi connectivity index (χ1n) is 17.5. The summed E-state index contributed by atoms with van der Waals surface area (Å²) in [7, 11) is 0. The predicted octanol–water partition coefficient (Wildman–Crippen LogP) is 8.00. The molecule has 2 atom stereocenters. The lowest BCUT2D eigenvalue weighted by Crippen LogP contribution is -2.32. The molecule has 4 aromatic carbocycles. The van der Waals surface area contributed by atoms with Gasteiger partial charge in [0, 0.05) is 51.6 Å². The Bertz CT molecular complexity index is 2530. The van der Waals surface area contributed by atoms with E-state index < -0.39 is 28.7 Å². The minimum absolute atomic E-state index is 0.00201. The highest BCUT2D eigenvalue weighted by molar-refractivity contribution is 9.10. The van der Waals surface area contributed by atoms with Crippen LogP contribution in [0, 0.1) is 17.6 Å². The Labute approximate surface area is 319 Å². The maximum absolute atomic E-state index is 15.9. The highest BCUT2D eigenvalue weighted by atomic mass is 79.9. The van der Waals surface area contributed by atoms with Crippen molar-refractivity contribution in [2.45, 2.75) is 29.8 Å². The van der Waals surface area contributed by atoms with E-state index in [1.165, 1.54) is 18.3 Å². The normalized spacial score (nSPS) is 22.0. The highest BCUT2D eigenvalue weighted by Gasteiger charge is 2.50. The van der Waals surface area contributed by atoms with Crippen molar-refractivity contribution in [1.29, 1.82) is 0 Å². The largest absolute Gasteiger partial charge is 0.462 e. The molecule has 0 saturated carbocycles. The van der Waals surface area contributed by atoms with Crippen molar-refractivity contribution < 1.29 is 41.6 Å². The molecule has 5 aliphatic rings. The van der Waals surface area contributed by atoms with E-state index in [2.05, 4.69) is 25.9 Å². The molecule has 2 unspecified atom stereocenters. The second-order valence-corrected chi connectivity index (χ2v) is 14.8. The summed E-state index contributed by atoms with van der Waals surface area (Å²) in [5.41, 5.74) is 12.8. The monoisotopic (exact) mass is 811 g/mol. The van der Waals surface area contributed by atoms with E-state index in [0.717, 1.165) is 28.9 Å². The Kier molecular flexibility index (Phi) is 7.58. The Morgan fingerprint density at radius 2 is 1.35 bits per heavy atom. The molecule has 5 aromatic rings. The van der Waals surface area contributed by atoms with Gasteiger partial charge in [0.25, 0.3) is 12.0 Å². The zero-order valence-corrected chi connectivity index (χ0v) is 30.3. The van der Waals surface area contributed by atoms with Crippen molar-refractivity contribution in [3.63, 3.8) is 0 Å². The number of hydrogen-bond acceptors (Lipinski definition) is 11. The van der Waals surface area contributed by atoms with Crippen LogP contribution in [0.5, 0.6) is 34.5 Å². The van der Waals surface area contributed by atoms with Gasteiger partial charge in [0.1, 0.15) is 36.2 Å². The standard InChI is InChI=1S/C40H29BrF3N5O6/c41-22-2-4-33-27(12-22)40(18-52-38(46)49-40)29-14-23(15-31(43)35(29)55-33)53-24-13-25(36(44)47-16-24)20-1-3-32-26(9-20)39(17-51-37(45)48-39)28-10-21(11-30(42)34(28)54-32)19-5-7-50-8-6-19/h1-4,9-16,19H,5-8,17-18H2,(H2,45,48)(H2,46,49). The summed E-state index contributed by atoms with van der Waals surface area (Å²) in [6.07, 6.45) is 2.68. The molecule has 5 aliphatic heterocycles. The third-order valence-corrected chi connectivity index (χ3v) is 11.2. The quantitative estimate of drug-likeness (QED) is 0.173. The zero-order chi connectivity index (χ0) is 37.6. The highest BCUT2D eigenvalue weighted by Crippen LogP contribution is 2.55. The van der Waals surface area contributed by atoms with Crippen LogP contribution in [0.1, 0.15) is 46.6 Å². The van der Waals surface area contributed by atoms with Gasteiger partial charge < -0.3 is 39.9 Å². The zero-order valence-electron chi connectivity index (χ0n) is 28.7. The van der Waals surface area contributed by atoms with Gasteiger partial charge in [-0.15, -0.1) is 0 Å². The van der Waals surface area contributed by atoms with Gasteiger partial charge in [0.15, 0.2) is 34.2 Å². The van der Waals surface area contributed by atoms with E-state index in [9.17, 15) is 0 Å². The summed E-state index contributed by atoms with van der Waals surface area (Å²) >= 11 is 3.49. The number of fused-ring (bicyclic) bond motifs is 8.